The largest absolute Gasteiger partial charge is 0.484 e. The first-order valence-corrected chi connectivity index (χ1v) is 6.65. The quantitative estimate of drug-likeness (QED) is 0.819. The van der Waals surface area contributed by atoms with Crippen LogP contribution in [0.5, 0.6) is 5.75 Å². The van der Waals surface area contributed by atoms with E-state index in [2.05, 4.69) is 0 Å². The minimum atomic E-state index is -0.164. The number of halogens is 1. The van der Waals surface area contributed by atoms with E-state index in [4.69, 9.17) is 34.3 Å². The molecule has 0 heterocycles. The molecular formula is C13H17ClN2O2S. The van der Waals surface area contributed by atoms with Crippen molar-refractivity contribution in [2.24, 2.45) is 5.73 Å². The number of nitrogens with two attached hydrogens (primary N) is 1. The van der Waals surface area contributed by atoms with Crippen molar-refractivity contribution in [2.75, 3.05) is 13.2 Å². The standard InChI is InChI=1S/C13H17ClN2O2S/c1-9(2)16(7-12(15)19)13(17)8-18-11-5-3-4-10(14)6-11/h3-6,9H,7-8H2,1-2H3,(H2,15,19). The molecule has 0 fully saturated rings. The predicted octanol–water partition coefficient (Wildman–Crippen LogP) is 2.24. The normalized spacial score (nSPS) is 10.3. The van der Waals surface area contributed by atoms with Crippen LogP contribution in [0.2, 0.25) is 5.02 Å². The van der Waals surface area contributed by atoms with Gasteiger partial charge in [-0.2, -0.15) is 0 Å². The van der Waals surface area contributed by atoms with Crippen LogP contribution in [0.1, 0.15) is 13.8 Å². The molecule has 0 spiro atoms. The molecule has 0 aliphatic heterocycles. The molecule has 1 rings (SSSR count). The van der Waals surface area contributed by atoms with Crippen LogP contribution >= 0.6 is 23.8 Å². The third kappa shape index (κ3) is 5.44. The lowest BCUT2D eigenvalue weighted by Gasteiger charge is -2.26. The number of carbonyl (C=O) groups excluding carboxylic acids is 1. The molecule has 1 aromatic carbocycles. The van der Waals surface area contributed by atoms with E-state index in [1.807, 2.05) is 13.8 Å². The van der Waals surface area contributed by atoms with Crippen molar-refractivity contribution >= 4 is 34.7 Å². The number of carbonyl (C=O) groups is 1. The average molecular weight is 301 g/mol. The second kappa shape index (κ2) is 7.31. The first-order valence-electron chi connectivity index (χ1n) is 5.86. The summed E-state index contributed by atoms with van der Waals surface area (Å²) in [6.45, 7) is 3.98. The molecule has 2 N–H and O–H groups in total. The molecule has 0 saturated heterocycles. The van der Waals surface area contributed by atoms with Gasteiger partial charge in [-0.1, -0.05) is 29.9 Å². The molecular weight excluding hydrogens is 284 g/mol. The van der Waals surface area contributed by atoms with Crippen molar-refractivity contribution in [3.8, 4) is 5.75 Å². The zero-order chi connectivity index (χ0) is 14.4. The van der Waals surface area contributed by atoms with Crippen LogP contribution in [-0.4, -0.2) is 35.0 Å². The molecule has 0 aromatic heterocycles. The van der Waals surface area contributed by atoms with E-state index < -0.39 is 0 Å². The summed E-state index contributed by atoms with van der Waals surface area (Å²) in [5, 5.41) is 0.564. The average Bonchev–Trinajstić information content (AvgIpc) is 2.32. The van der Waals surface area contributed by atoms with Crippen LogP contribution in [0.3, 0.4) is 0 Å². The van der Waals surface area contributed by atoms with Gasteiger partial charge in [0.05, 0.1) is 11.5 Å². The number of hydrogen-bond donors (Lipinski definition) is 1. The maximum Gasteiger partial charge on any atom is 0.261 e. The second-order valence-electron chi connectivity index (χ2n) is 4.33. The fourth-order valence-corrected chi connectivity index (χ4v) is 1.83. The van der Waals surface area contributed by atoms with Crippen molar-refractivity contribution in [3.05, 3.63) is 29.3 Å². The van der Waals surface area contributed by atoms with Crippen LogP contribution < -0.4 is 10.5 Å². The van der Waals surface area contributed by atoms with Crippen molar-refractivity contribution < 1.29 is 9.53 Å². The Morgan fingerprint density at radius 1 is 1.53 bits per heavy atom. The summed E-state index contributed by atoms with van der Waals surface area (Å²) in [5.74, 6) is 0.391. The molecule has 0 atom stereocenters. The molecule has 1 amide bonds. The molecule has 0 aliphatic rings. The number of ether oxygens (including phenoxy) is 1. The Morgan fingerprint density at radius 2 is 2.21 bits per heavy atom. The smallest absolute Gasteiger partial charge is 0.261 e. The fourth-order valence-electron chi connectivity index (χ4n) is 1.51. The van der Waals surface area contributed by atoms with Gasteiger partial charge in [-0.05, 0) is 32.0 Å². The van der Waals surface area contributed by atoms with Gasteiger partial charge in [0.15, 0.2) is 6.61 Å². The van der Waals surface area contributed by atoms with E-state index in [-0.39, 0.29) is 30.1 Å². The summed E-state index contributed by atoms with van der Waals surface area (Å²) in [5.41, 5.74) is 5.48. The van der Waals surface area contributed by atoms with Gasteiger partial charge in [0.2, 0.25) is 0 Å². The highest BCUT2D eigenvalue weighted by Crippen LogP contribution is 2.17. The topological polar surface area (TPSA) is 55.6 Å². The van der Waals surface area contributed by atoms with Gasteiger partial charge in [0, 0.05) is 11.1 Å². The number of hydrogen-bond acceptors (Lipinski definition) is 3. The molecule has 0 unspecified atom stereocenters. The predicted molar refractivity (Wildman–Crippen MR) is 80.6 cm³/mol. The number of thiocarbonyl (C=S) groups is 1. The first-order chi connectivity index (χ1) is 8.90. The Hall–Kier alpha value is -1.33. The van der Waals surface area contributed by atoms with Crippen molar-refractivity contribution in [1.29, 1.82) is 0 Å². The maximum absolute atomic E-state index is 12.0. The Kier molecular flexibility index (Phi) is 6.05. The Bertz CT molecular complexity index is 466. The van der Waals surface area contributed by atoms with Gasteiger partial charge in [-0.15, -0.1) is 0 Å². The van der Waals surface area contributed by atoms with Gasteiger partial charge >= 0.3 is 0 Å². The number of nitrogens with zero attached hydrogens (tertiary/aromatic N) is 1. The van der Waals surface area contributed by atoms with Crippen LogP contribution in [0.15, 0.2) is 24.3 Å². The third-order valence-electron chi connectivity index (χ3n) is 2.43. The third-order valence-corrected chi connectivity index (χ3v) is 2.79. The van der Waals surface area contributed by atoms with E-state index in [9.17, 15) is 4.79 Å². The summed E-state index contributed by atoms with van der Waals surface area (Å²) in [6, 6.07) is 6.91. The van der Waals surface area contributed by atoms with E-state index in [0.29, 0.717) is 10.8 Å². The van der Waals surface area contributed by atoms with Gasteiger partial charge in [0.25, 0.3) is 5.91 Å². The van der Waals surface area contributed by atoms with Gasteiger partial charge in [0.1, 0.15) is 5.75 Å². The minimum absolute atomic E-state index is 0.0111. The van der Waals surface area contributed by atoms with Gasteiger partial charge in [-0.3, -0.25) is 4.79 Å². The molecule has 6 heteroatoms. The molecule has 0 aliphatic carbocycles. The lowest BCUT2D eigenvalue weighted by Crippen LogP contribution is -2.44. The van der Waals surface area contributed by atoms with Crippen LogP contribution in [-0.2, 0) is 4.79 Å². The van der Waals surface area contributed by atoms with Gasteiger partial charge < -0.3 is 15.4 Å². The lowest BCUT2D eigenvalue weighted by molar-refractivity contribution is -0.134. The molecule has 0 radical (unpaired) electrons. The van der Waals surface area contributed by atoms with E-state index >= 15 is 0 Å². The molecule has 104 valence electrons. The maximum atomic E-state index is 12.0. The van der Waals surface area contributed by atoms with Crippen LogP contribution in [0.4, 0.5) is 0 Å². The highest BCUT2D eigenvalue weighted by Gasteiger charge is 2.18. The van der Waals surface area contributed by atoms with E-state index in [1.165, 1.54) is 0 Å². The number of rotatable bonds is 6. The summed E-state index contributed by atoms with van der Waals surface area (Å²) >= 11 is 10.7. The van der Waals surface area contributed by atoms with E-state index in [1.54, 1.807) is 29.2 Å². The fraction of sp³-hybridized carbons (Fsp3) is 0.385. The monoisotopic (exact) mass is 300 g/mol. The zero-order valence-corrected chi connectivity index (χ0v) is 12.5. The first kappa shape index (κ1) is 15.7. The number of benzene rings is 1. The zero-order valence-electron chi connectivity index (χ0n) is 10.9. The minimum Gasteiger partial charge on any atom is -0.484 e. The SMILES string of the molecule is CC(C)N(CC(N)=S)C(=O)COc1cccc(Cl)c1. The highest BCUT2D eigenvalue weighted by atomic mass is 35.5. The molecule has 0 bridgehead atoms. The molecule has 1 aromatic rings. The van der Waals surface area contributed by atoms with Crippen molar-refractivity contribution in [1.82, 2.24) is 4.90 Å². The molecule has 4 nitrogen and oxygen atoms in total. The summed E-state index contributed by atoms with van der Waals surface area (Å²) in [4.78, 5) is 13.9. The second-order valence-corrected chi connectivity index (χ2v) is 5.29. The highest BCUT2D eigenvalue weighted by molar-refractivity contribution is 7.80. The Morgan fingerprint density at radius 3 is 2.74 bits per heavy atom. The van der Waals surface area contributed by atoms with Crippen LogP contribution in [0, 0.1) is 0 Å². The Labute approximate surface area is 123 Å². The van der Waals surface area contributed by atoms with Crippen molar-refractivity contribution in [3.63, 3.8) is 0 Å². The lowest BCUT2D eigenvalue weighted by atomic mass is 10.3. The number of amides is 1. The van der Waals surface area contributed by atoms with Gasteiger partial charge in [-0.25, -0.2) is 0 Å². The molecule has 0 saturated carbocycles. The van der Waals surface area contributed by atoms with E-state index in [0.717, 1.165) is 0 Å². The summed E-state index contributed by atoms with van der Waals surface area (Å²) in [7, 11) is 0. The van der Waals surface area contributed by atoms with Crippen molar-refractivity contribution in [2.45, 2.75) is 19.9 Å². The Balaban J connectivity index is 2.59. The molecule has 19 heavy (non-hydrogen) atoms. The van der Waals surface area contributed by atoms with Crippen LogP contribution in [0.25, 0.3) is 0 Å². The summed E-state index contributed by atoms with van der Waals surface area (Å²) < 4.78 is 5.40. The summed E-state index contributed by atoms with van der Waals surface area (Å²) in [6.07, 6.45) is 0.